The molecule has 0 aliphatic rings. The molecule has 0 heterocycles. The summed E-state index contributed by atoms with van der Waals surface area (Å²) in [4.78, 5) is 4.08. The molecule has 0 aliphatic heterocycles. The fourth-order valence-corrected chi connectivity index (χ4v) is 1.21. The maximum atomic E-state index is 4.56. The van der Waals surface area contributed by atoms with Crippen LogP contribution in [0, 0.1) is 0 Å². The van der Waals surface area contributed by atoms with E-state index in [0.717, 1.165) is 6.42 Å². The van der Waals surface area contributed by atoms with Gasteiger partial charge in [-0.2, -0.15) is 0 Å². The van der Waals surface area contributed by atoms with Crippen LogP contribution in [0.3, 0.4) is 0 Å². The van der Waals surface area contributed by atoms with Gasteiger partial charge in [-0.05, 0) is 25.1 Å². The highest BCUT2D eigenvalue weighted by atomic mass is 32.1. The largest absolute Gasteiger partial charge is 0.229 e. The van der Waals surface area contributed by atoms with Crippen molar-refractivity contribution < 1.29 is 0 Å². The maximum Gasteiger partial charge on any atom is 0.0600 e. The van der Waals surface area contributed by atoms with Gasteiger partial charge in [-0.1, -0.05) is 33.1 Å². The molecular weight excluding hydrogens is 154 g/mol. The molecule has 0 aromatic carbocycles. The third-order valence-electron chi connectivity index (χ3n) is 1.85. The summed E-state index contributed by atoms with van der Waals surface area (Å²) in [5.74, 6) is 0. The molecule has 0 saturated carbocycles. The smallest absolute Gasteiger partial charge is 0.0600 e. The van der Waals surface area contributed by atoms with E-state index in [2.05, 4.69) is 36.2 Å². The van der Waals surface area contributed by atoms with Crippen LogP contribution in [0.5, 0.6) is 0 Å². The third-order valence-corrected chi connectivity index (χ3v) is 1.95. The SMILES string of the molecule is CCCCC[C@@H](CC)N=C=S. The first-order valence-corrected chi connectivity index (χ1v) is 4.82. The predicted molar refractivity (Wildman–Crippen MR) is 53.2 cm³/mol. The van der Waals surface area contributed by atoms with Crippen molar-refractivity contribution in [3.8, 4) is 0 Å². The molecule has 0 unspecified atom stereocenters. The van der Waals surface area contributed by atoms with Crippen molar-refractivity contribution in [1.29, 1.82) is 0 Å². The highest BCUT2D eigenvalue weighted by molar-refractivity contribution is 7.78. The lowest BCUT2D eigenvalue weighted by Crippen LogP contribution is -2.01. The van der Waals surface area contributed by atoms with Gasteiger partial charge in [0.25, 0.3) is 0 Å². The van der Waals surface area contributed by atoms with E-state index < -0.39 is 0 Å². The minimum Gasteiger partial charge on any atom is -0.229 e. The van der Waals surface area contributed by atoms with Crippen LogP contribution >= 0.6 is 12.2 Å². The lowest BCUT2D eigenvalue weighted by molar-refractivity contribution is 0.552. The van der Waals surface area contributed by atoms with Crippen LogP contribution < -0.4 is 0 Å². The molecule has 11 heavy (non-hydrogen) atoms. The summed E-state index contributed by atoms with van der Waals surface area (Å²) in [6, 6.07) is 0.430. The molecule has 0 spiro atoms. The summed E-state index contributed by atoms with van der Waals surface area (Å²) in [5.41, 5.74) is 0. The molecule has 0 fully saturated rings. The molecule has 0 aromatic heterocycles. The first-order valence-electron chi connectivity index (χ1n) is 4.42. The van der Waals surface area contributed by atoms with E-state index in [-0.39, 0.29) is 0 Å². The van der Waals surface area contributed by atoms with Crippen LogP contribution in [0.15, 0.2) is 4.99 Å². The molecule has 0 saturated heterocycles. The fourth-order valence-electron chi connectivity index (χ4n) is 1.06. The lowest BCUT2D eigenvalue weighted by atomic mass is 10.1. The van der Waals surface area contributed by atoms with E-state index in [0.29, 0.717) is 6.04 Å². The first-order chi connectivity index (χ1) is 5.35. The summed E-state index contributed by atoms with van der Waals surface area (Å²) in [6.07, 6.45) is 6.12. The van der Waals surface area contributed by atoms with Crippen molar-refractivity contribution in [3.63, 3.8) is 0 Å². The second-order valence-electron chi connectivity index (χ2n) is 2.78. The minimum absolute atomic E-state index is 0.430. The zero-order valence-corrected chi connectivity index (χ0v) is 8.28. The second kappa shape index (κ2) is 7.90. The van der Waals surface area contributed by atoms with Gasteiger partial charge in [0.1, 0.15) is 0 Å². The van der Waals surface area contributed by atoms with E-state index in [1.165, 1.54) is 25.7 Å². The zero-order valence-electron chi connectivity index (χ0n) is 7.47. The Morgan fingerprint density at radius 1 is 1.36 bits per heavy atom. The number of hydrogen-bond acceptors (Lipinski definition) is 2. The first kappa shape index (κ1) is 10.8. The van der Waals surface area contributed by atoms with Crippen molar-refractivity contribution in [3.05, 3.63) is 0 Å². The number of aliphatic imine (C=N–C) groups is 1. The van der Waals surface area contributed by atoms with Gasteiger partial charge in [0.15, 0.2) is 0 Å². The van der Waals surface area contributed by atoms with Gasteiger partial charge in [0.05, 0.1) is 11.2 Å². The van der Waals surface area contributed by atoms with Crippen molar-refractivity contribution in [2.45, 2.75) is 52.0 Å². The predicted octanol–water partition coefficient (Wildman–Crippen LogP) is 3.45. The van der Waals surface area contributed by atoms with Crippen LogP contribution in [0.2, 0.25) is 0 Å². The molecule has 0 bridgehead atoms. The summed E-state index contributed by atoms with van der Waals surface area (Å²) in [5, 5.41) is 2.45. The van der Waals surface area contributed by atoms with Crippen molar-refractivity contribution in [2.24, 2.45) is 4.99 Å². The van der Waals surface area contributed by atoms with Crippen LogP contribution in [0.1, 0.15) is 46.0 Å². The van der Waals surface area contributed by atoms with Gasteiger partial charge < -0.3 is 0 Å². The Balaban J connectivity index is 3.43. The quantitative estimate of drug-likeness (QED) is 0.339. The number of nitrogens with zero attached hydrogens (tertiary/aromatic N) is 1. The molecule has 0 rings (SSSR count). The van der Waals surface area contributed by atoms with E-state index in [9.17, 15) is 0 Å². The van der Waals surface area contributed by atoms with E-state index >= 15 is 0 Å². The summed E-state index contributed by atoms with van der Waals surface area (Å²) < 4.78 is 0. The Morgan fingerprint density at radius 2 is 2.09 bits per heavy atom. The van der Waals surface area contributed by atoms with Gasteiger partial charge in [0.2, 0.25) is 0 Å². The van der Waals surface area contributed by atoms with Crippen molar-refractivity contribution in [1.82, 2.24) is 0 Å². The Labute approximate surface area is 74.9 Å². The highest BCUT2D eigenvalue weighted by Gasteiger charge is 2.01. The van der Waals surface area contributed by atoms with Crippen LogP contribution in [0.4, 0.5) is 0 Å². The number of hydrogen-bond donors (Lipinski definition) is 0. The Morgan fingerprint density at radius 3 is 2.55 bits per heavy atom. The highest BCUT2D eigenvalue weighted by Crippen LogP contribution is 2.08. The van der Waals surface area contributed by atoms with Gasteiger partial charge in [-0.3, -0.25) is 0 Å². The van der Waals surface area contributed by atoms with Crippen molar-refractivity contribution >= 4 is 17.4 Å². The van der Waals surface area contributed by atoms with Crippen molar-refractivity contribution in [2.75, 3.05) is 0 Å². The molecule has 0 amide bonds. The summed E-state index contributed by atoms with van der Waals surface area (Å²) in [7, 11) is 0. The molecule has 0 N–H and O–H groups in total. The lowest BCUT2D eigenvalue weighted by Gasteiger charge is -2.05. The van der Waals surface area contributed by atoms with Gasteiger partial charge in [-0.25, -0.2) is 4.99 Å². The standard InChI is InChI=1S/C9H17NS/c1-3-5-6-7-9(4-2)10-8-11/h9H,3-7H2,1-2H3/t9-/m1/s1. The van der Waals surface area contributed by atoms with Gasteiger partial charge in [0, 0.05) is 0 Å². The average molecular weight is 171 g/mol. The van der Waals surface area contributed by atoms with Crippen LogP contribution in [-0.2, 0) is 0 Å². The normalized spacial score (nSPS) is 12.2. The number of rotatable bonds is 6. The molecule has 1 atom stereocenters. The molecule has 0 aliphatic carbocycles. The molecule has 64 valence electrons. The molecular formula is C9H17NS. The number of unbranched alkanes of at least 4 members (excludes halogenated alkanes) is 2. The maximum absolute atomic E-state index is 4.56. The average Bonchev–Trinajstić information content (AvgIpc) is 2.03. The molecule has 0 aromatic rings. The van der Waals surface area contributed by atoms with E-state index in [1.807, 2.05) is 0 Å². The number of isothiocyanates is 1. The van der Waals surface area contributed by atoms with Gasteiger partial charge >= 0.3 is 0 Å². The second-order valence-corrected chi connectivity index (χ2v) is 2.96. The Bertz CT molecular complexity index is 128. The monoisotopic (exact) mass is 171 g/mol. The number of thiocarbonyl (C=S) groups is 1. The van der Waals surface area contributed by atoms with Crippen LogP contribution in [0.25, 0.3) is 0 Å². The topological polar surface area (TPSA) is 12.4 Å². The third kappa shape index (κ3) is 6.21. The van der Waals surface area contributed by atoms with Gasteiger partial charge in [-0.15, -0.1) is 0 Å². The van der Waals surface area contributed by atoms with E-state index in [1.54, 1.807) is 0 Å². The molecule has 1 nitrogen and oxygen atoms in total. The Hall–Kier alpha value is -0.200. The summed E-state index contributed by atoms with van der Waals surface area (Å²) >= 11 is 4.56. The summed E-state index contributed by atoms with van der Waals surface area (Å²) in [6.45, 7) is 4.36. The fraction of sp³-hybridized carbons (Fsp3) is 0.889. The van der Waals surface area contributed by atoms with Crippen LogP contribution in [-0.4, -0.2) is 11.2 Å². The van der Waals surface area contributed by atoms with E-state index in [4.69, 9.17) is 0 Å². The molecule has 0 radical (unpaired) electrons. The minimum atomic E-state index is 0.430. The zero-order chi connectivity index (χ0) is 8.53. The Kier molecular flexibility index (Phi) is 7.76. The molecule has 2 heteroatoms.